The van der Waals surface area contributed by atoms with Gasteiger partial charge in [-0.2, -0.15) is 0 Å². The Labute approximate surface area is 184 Å². The standard InChI is InChI=1S/C26H32O3S/c1-4-7-8-9-10-24(27)29-25-16-14-21(30-25)13-11-20-12-15-23-22(19-20)26(5-2,6-3)17-18-28-23/h12,14-16,19H,4-10,17-18H2,1-3H3. The number of ether oxygens (including phenoxy) is 2. The number of thiophene rings is 1. The van der Waals surface area contributed by atoms with Crippen LogP contribution in [-0.4, -0.2) is 12.6 Å². The first-order valence-corrected chi connectivity index (χ1v) is 12.0. The Morgan fingerprint density at radius 1 is 1.10 bits per heavy atom. The Morgan fingerprint density at radius 2 is 1.93 bits per heavy atom. The molecule has 3 rings (SSSR count). The molecule has 3 nitrogen and oxygen atoms in total. The van der Waals surface area contributed by atoms with E-state index in [0.29, 0.717) is 11.5 Å². The molecule has 1 aromatic carbocycles. The number of carbonyl (C=O) groups is 1. The van der Waals surface area contributed by atoms with E-state index in [1.807, 2.05) is 18.2 Å². The van der Waals surface area contributed by atoms with Crippen molar-refractivity contribution in [2.45, 2.75) is 77.6 Å². The average Bonchev–Trinajstić information content (AvgIpc) is 3.22. The van der Waals surface area contributed by atoms with Crippen LogP contribution in [0.3, 0.4) is 0 Å². The van der Waals surface area contributed by atoms with E-state index in [2.05, 4.69) is 44.7 Å². The van der Waals surface area contributed by atoms with Gasteiger partial charge < -0.3 is 9.47 Å². The highest BCUT2D eigenvalue weighted by atomic mass is 32.1. The molecule has 1 aromatic heterocycles. The molecule has 160 valence electrons. The fourth-order valence-corrected chi connectivity index (χ4v) is 4.78. The number of unbranched alkanes of at least 4 members (excludes halogenated alkanes) is 3. The second-order valence-corrected chi connectivity index (χ2v) is 9.00. The minimum absolute atomic E-state index is 0.155. The quantitative estimate of drug-likeness (QED) is 0.264. The predicted octanol–water partition coefficient (Wildman–Crippen LogP) is 6.86. The lowest BCUT2D eigenvalue weighted by atomic mass is 9.71. The summed E-state index contributed by atoms with van der Waals surface area (Å²) in [5, 5.41) is 0.620. The highest BCUT2D eigenvalue weighted by Gasteiger charge is 2.34. The molecule has 0 N–H and O–H groups in total. The second kappa shape index (κ2) is 10.7. The van der Waals surface area contributed by atoms with Crippen molar-refractivity contribution < 1.29 is 14.3 Å². The Kier molecular flexibility index (Phi) is 7.99. The van der Waals surface area contributed by atoms with Crippen molar-refractivity contribution in [2.24, 2.45) is 0 Å². The van der Waals surface area contributed by atoms with Gasteiger partial charge in [-0.3, -0.25) is 4.79 Å². The molecule has 1 aliphatic heterocycles. The molecule has 0 atom stereocenters. The van der Waals surface area contributed by atoms with Crippen LogP contribution in [0.1, 0.15) is 88.1 Å². The third-order valence-corrected chi connectivity index (χ3v) is 6.98. The van der Waals surface area contributed by atoms with Gasteiger partial charge in [-0.25, -0.2) is 0 Å². The summed E-state index contributed by atoms with van der Waals surface area (Å²) >= 11 is 1.42. The molecule has 0 aliphatic carbocycles. The van der Waals surface area contributed by atoms with E-state index in [4.69, 9.17) is 9.47 Å². The van der Waals surface area contributed by atoms with Crippen molar-refractivity contribution in [3.63, 3.8) is 0 Å². The lowest BCUT2D eigenvalue weighted by Crippen LogP contribution is -2.31. The van der Waals surface area contributed by atoms with Crippen molar-refractivity contribution in [1.82, 2.24) is 0 Å². The molecule has 0 bridgehead atoms. The van der Waals surface area contributed by atoms with Crippen LogP contribution in [0.25, 0.3) is 0 Å². The molecule has 0 saturated carbocycles. The summed E-state index contributed by atoms with van der Waals surface area (Å²) in [6, 6.07) is 10.0. The molecule has 1 aliphatic rings. The fraction of sp³-hybridized carbons (Fsp3) is 0.500. The lowest BCUT2D eigenvalue weighted by Gasteiger charge is -2.37. The summed E-state index contributed by atoms with van der Waals surface area (Å²) in [6.07, 6.45) is 8.05. The zero-order chi connectivity index (χ0) is 21.4. The monoisotopic (exact) mass is 424 g/mol. The maximum Gasteiger partial charge on any atom is 0.311 e. The Morgan fingerprint density at radius 3 is 2.70 bits per heavy atom. The van der Waals surface area contributed by atoms with Gasteiger partial charge in [-0.15, -0.1) is 0 Å². The number of rotatable bonds is 8. The number of benzene rings is 1. The molecule has 0 fully saturated rings. The van der Waals surface area contributed by atoms with Crippen LogP contribution >= 0.6 is 11.3 Å². The molecule has 0 amide bonds. The molecule has 4 heteroatoms. The molecular formula is C26H32O3S. The first-order valence-electron chi connectivity index (χ1n) is 11.2. The second-order valence-electron chi connectivity index (χ2n) is 7.95. The number of fused-ring (bicyclic) bond motifs is 1. The van der Waals surface area contributed by atoms with E-state index in [9.17, 15) is 4.79 Å². The summed E-state index contributed by atoms with van der Waals surface area (Å²) in [5.74, 6) is 7.34. The van der Waals surface area contributed by atoms with Crippen molar-refractivity contribution >= 4 is 17.3 Å². The van der Waals surface area contributed by atoms with Crippen LogP contribution in [0.15, 0.2) is 30.3 Å². The van der Waals surface area contributed by atoms with Gasteiger partial charge in [0.1, 0.15) is 5.75 Å². The van der Waals surface area contributed by atoms with Gasteiger partial charge in [-0.05, 0) is 56.0 Å². The molecular weight excluding hydrogens is 392 g/mol. The molecule has 0 unspecified atom stereocenters. The summed E-state index contributed by atoms with van der Waals surface area (Å²) in [7, 11) is 0. The maximum absolute atomic E-state index is 12.0. The molecule has 30 heavy (non-hydrogen) atoms. The third-order valence-electron chi connectivity index (χ3n) is 6.10. The number of carbonyl (C=O) groups excluding carboxylic acids is 1. The molecule has 0 radical (unpaired) electrons. The van der Waals surface area contributed by atoms with Crippen LogP contribution in [0.2, 0.25) is 0 Å². The smallest absolute Gasteiger partial charge is 0.311 e. The van der Waals surface area contributed by atoms with E-state index in [1.165, 1.54) is 23.3 Å². The third kappa shape index (κ3) is 5.46. The number of esters is 1. The molecule has 0 spiro atoms. The van der Waals surface area contributed by atoms with E-state index in [0.717, 1.165) is 61.3 Å². The van der Waals surface area contributed by atoms with Crippen LogP contribution in [0.4, 0.5) is 0 Å². The molecule has 0 saturated heterocycles. The first kappa shape index (κ1) is 22.4. The zero-order valence-corrected chi connectivity index (χ0v) is 19.2. The van der Waals surface area contributed by atoms with Gasteiger partial charge in [-0.1, -0.05) is 63.2 Å². The van der Waals surface area contributed by atoms with Gasteiger partial charge in [0.2, 0.25) is 0 Å². The van der Waals surface area contributed by atoms with Crippen molar-refractivity contribution in [3.8, 4) is 22.7 Å². The van der Waals surface area contributed by atoms with Gasteiger partial charge in [0, 0.05) is 23.0 Å². The maximum atomic E-state index is 12.0. The van der Waals surface area contributed by atoms with Gasteiger partial charge in [0.05, 0.1) is 11.5 Å². The number of hydrogen-bond donors (Lipinski definition) is 0. The summed E-state index contributed by atoms with van der Waals surface area (Å²) in [4.78, 5) is 12.9. The van der Waals surface area contributed by atoms with Crippen LogP contribution in [0.5, 0.6) is 10.8 Å². The topological polar surface area (TPSA) is 35.5 Å². The van der Waals surface area contributed by atoms with E-state index in [1.54, 1.807) is 0 Å². The fourth-order valence-electron chi connectivity index (χ4n) is 4.06. The van der Waals surface area contributed by atoms with Gasteiger partial charge >= 0.3 is 5.97 Å². The normalized spacial score (nSPS) is 14.2. The van der Waals surface area contributed by atoms with Gasteiger partial charge in [0.15, 0.2) is 5.06 Å². The minimum Gasteiger partial charge on any atom is -0.493 e. The highest BCUT2D eigenvalue weighted by molar-refractivity contribution is 7.14. The Balaban J connectivity index is 1.67. The van der Waals surface area contributed by atoms with E-state index >= 15 is 0 Å². The first-order chi connectivity index (χ1) is 14.6. The highest BCUT2D eigenvalue weighted by Crippen LogP contribution is 2.43. The average molecular weight is 425 g/mol. The Hall–Kier alpha value is -2.25. The van der Waals surface area contributed by atoms with E-state index in [-0.39, 0.29) is 11.4 Å². The predicted molar refractivity (Wildman–Crippen MR) is 124 cm³/mol. The molecule has 2 aromatic rings. The number of hydrogen-bond acceptors (Lipinski definition) is 4. The SMILES string of the molecule is CCCCCCC(=O)Oc1ccc(C#Cc2ccc3c(c2)C(CC)(CC)CCO3)s1. The van der Waals surface area contributed by atoms with Crippen molar-refractivity contribution in [2.75, 3.05) is 6.61 Å². The van der Waals surface area contributed by atoms with Crippen molar-refractivity contribution in [1.29, 1.82) is 0 Å². The largest absolute Gasteiger partial charge is 0.493 e. The van der Waals surface area contributed by atoms with E-state index < -0.39 is 0 Å². The minimum atomic E-state index is -0.155. The summed E-state index contributed by atoms with van der Waals surface area (Å²) in [5.41, 5.74) is 2.47. The lowest BCUT2D eigenvalue weighted by molar-refractivity contribution is -0.134. The van der Waals surface area contributed by atoms with Gasteiger partial charge in [0.25, 0.3) is 0 Å². The summed E-state index contributed by atoms with van der Waals surface area (Å²) < 4.78 is 11.3. The molecule has 2 heterocycles. The van der Waals surface area contributed by atoms with Crippen LogP contribution in [-0.2, 0) is 10.2 Å². The zero-order valence-electron chi connectivity index (χ0n) is 18.4. The van der Waals surface area contributed by atoms with Crippen LogP contribution < -0.4 is 9.47 Å². The van der Waals surface area contributed by atoms with Crippen molar-refractivity contribution in [3.05, 3.63) is 46.3 Å². The summed E-state index contributed by atoms with van der Waals surface area (Å²) in [6.45, 7) is 7.47. The van der Waals surface area contributed by atoms with Crippen LogP contribution in [0, 0.1) is 11.8 Å². The Bertz CT molecular complexity index is 912.